The Morgan fingerprint density at radius 2 is 1.94 bits per heavy atom. The van der Waals surface area contributed by atoms with E-state index in [2.05, 4.69) is 6.07 Å². The largest absolute Gasteiger partial charge is 0.295 e. The van der Waals surface area contributed by atoms with E-state index in [0.717, 1.165) is 5.56 Å². The number of hydrogen-bond acceptors (Lipinski definition) is 3. The zero-order chi connectivity index (χ0) is 13.8. The van der Waals surface area contributed by atoms with Gasteiger partial charge in [-0.3, -0.25) is 4.79 Å². The zero-order valence-corrected chi connectivity index (χ0v) is 12.7. The number of carbonyl (C=O) groups excluding carboxylic acids is 1. The van der Waals surface area contributed by atoms with Gasteiger partial charge in [0.25, 0.3) is 7.72 Å². The SMILES string of the molecule is CO[P+](C)(CC(=O)C(C)c1cccc(C)c1)OC. The highest BCUT2D eigenvalue weighted by Gasteiger charge is 2.38. The number of aryl methyl sites for hydroxylation is 1. The van der Waals surface area contributed by atoms with Crippen molar-refractivity contribution in [2.24, 2.45) is 0 Å². The normalized spacial score (nSPS) is 13.4. The molecule has 1 aromatic carbocycles. The van der Waals surface area contributed by atoms with Crippen LogP contribution in [0.1, 0.15) is 24.0 Å². The summed E-state index contributed by atoms with van der Waals surface area (Å²) in [6.45, 7) is 5.85. The minimum absolute atomic E-state index is 0.116. The molecule has 0 aliphatic heterocycles. The molecule has 4 heteroatoms. The standard InChI is InChI=1S/C14H22O3P/c1-11-7-6-8-13(9-11)12(2)14(15)10-18(5,16-3)17-4/h6-9,12H,10H2,1-5H3/q+1. The smallest absolute Gasteiger partial charge is 0.278 e. The summed E-state index contributed by atoms with van der Waals surface area (Å²) < 4.78 is 10.7. The van der Waals surface area contributed by atoms with Gasteiger partial charge in [-0.05, 0) is 12.5 Å². The molecule has 1 unspecified atom stereocenters. The van der Waals surface area contributed by atoms with Gasteiger partial charge in [0.05, 0.1) is 14.2 Å². The molecule has 1 aromatic rings. The molecule has 0 aliphatic carbocycles. The van der Waals surface area contributed by atoms with Crippen LogP contribution in [0.2, 0.25) is 0 Å². The predicted molar refractivity (Wildman–Crippen MR) is 76.3 cm³/mol. The minimum Gasteiger partial charge on any atom is -0.295 e. The van der Waals surface area contributed by atoms with Crippen LogP contribution in [-0.4, -0.2) is 32.8 Å². The summed E-state index contributed by atoms with van der Waals surface area (Å²) >= 11 is 0. The summed E-state index contributed by atoms with van der Waals surface area (Å²) in [7, 11) is 1.18. The molecule has 0 radical (unpaired) electrons. The third kappa shape index (κ3) is 3.88. The van der Waals surface area contributed by atoms with Crippen molar-refractivity contribution in [1.82, 2.24) is 0 Å². The molecule has 0 saturated carbocycles. The van der Waals surface area contributed by atoms with E-state index in [1.165, 1.54) is 5.56 Å². The van der Waals surface area contributed by atoms with E-state index in [4.69, 9.17) is 9.05 Å². The molecule has 1 atom stereocenters. The third-order valence-electron chi connectivity index (χ3n) is 3.24. The molecular formula is C14H22O3P+. The first-order chi connectivity index (χ1) is 8.41. The molecule has 1 rings (SSSR count). The number of ketones is 1. The first-order valence-corrected chi connectivity index (χ1v) is 8.24. The Kier molecular flexibility index (Phi) is 5.46. The van der Waals surface area contributed by atoms with Gasteiger partial charge < -0.3 is 0 Å². The van der Waals surface area contributed by atoms with Crippen molar-refractivity contribution in [1.29, 1.82) is 0 Å². The maximum Gasteiger partial charge on any atom is 0.278 e. The van der Waals surface area contributed by atoms with Crippen LogP contribution in [0.15, 0.2) is 24.3 Å². The van der Waals surface area contributed by atoms with Crippen molar-refractivity contribution >= 4 is 13.5 Å². The number of hydrogen-bond donors (Lipinski definition) is 0. The van der Waals surface area contributed by atoms with Crippen LogP contribution in [0.25, 0.3) is 0 Å². The molecule has 18 heavy (non-hydrogen) atoms. The monoisotopic (exact) mass is 269 g/mol. The van der Waals surface area contributed by atoms with E-state index in [1.54, 1.807) is 14.2 Å². The Hall–Kier alpha value is -0.760. The van der Waals surface area contributed by atoms with Gasteiger partial charge in [0, 0.05) is 5.92 Å². The quantitative estimate of drug-likeness (QED) is 0.742. The fourth-order valence-electron chi connectivity index (χ4n) is 1.75. The summed E-state index contributed by atoms with van der Waals surface area (Å²) in [5.41, 5.74) is 2.22. The van der Waals surface area contributed by atoms with Gasteiger partial charge in [-0.2, -0.15) is 0 Å². The Morgan fingerprint density at radius 3 is 2.44 bits per heavy atom. The van der Waals surface area contributed by atoms with Gasteiger partial charge in [0.1, 0.15) is 6.66 Å². The average molecular weight is 269 g/mol. The first-order valence-electron chi connectivity index (χ1n) is 5.98. The highest BCUT2D eigenvalue weighted by atomic mass is 31.2. The molecule has 0 aromatic heterocycles. The second kappa shape index (κ2) is 6.42. The summed E-state index contributed by atoms with van der Waals surface area (Å²) in [6.07, 6.45) is 0.356. The van der Waals surface area contributed by atoms with Gasteiger partial charge >= 0.3 is 0 Å². The van der Waals surface area contributed by atoms with Gasteiger partial charge in [-0.15, -0.1) is 0 Å². The molecule has 0 N–H and O–H groups in total. The molecular weight excluding hydrogens is 247 g/mol. The van der Waals surface area contributed by atoms with Crippen LogP contribution in [0, 0.1) is 6.92 Å². The van der Waals surface area contributed by atoms with Crippen molar-refractivity contribution in [3.05, 3.63) is 35.4 Å². The van der Waals surface area contributed by atoms with Crippen LogP contribution in [0.5, 0.6) is 0 Å². The van der Waals surface area contributed by atoms with Gasteiger partial charge in [0.2, 0.25) is 0 Å². The molecule has 0 saturated heterocycles. The summed E-state index contributed by atoms with van der Waals surface area (Å²) in [6, 6.07) is 8.06. The maximum atomic E-state index is 12.3. The van der Waals surface area contributed by atoms with Crippen molar-refractivity contribution in [2.45, 2.75) is 19.8 Å². The lowest BCUT2D eigenvalue weighted by molar-refractivity contribution is -0.117. The second-order valence-electron chi connectivity index (χ2n) is 4.64. The Balaban J connectivity index is 2.79. The number of Topliss-reactive ketones (excluding diaryl/α,β-unsaturated/α-hetero) is 1. The van der Waals surface area contributed by atoms with E-state index in [-0.39, 0.29) is 11.7 Å². The molecule has 0 aliphatic rings. The lowest BCUT2D eigenvalue weighted by atomic mass is 9.96. The van der Waals surface area contributed by atoms with Crippen LogP contribution < -0.4 is 0 Å². The van der Waals surface area contributed by atoms with E-state index >= 15 is 0 Å². The Labute approximate surface area is 110 Å². The third-order valence-corrected chi connectivity index (χ3v) is 5.67. The second-order valence-corrected chi connectivity index (χ2v) is 7.71. The highest BCUT2D eigenvalue weighted by Crippen LogP contribution is 2.56. The molecule has 0 amide bonds. The fraction of sp³-hybridized carbons (Fsp3) is 0.500. The van der Waals surface area contributed by atoms with E-state index in [9.17, 15) is 4.79 Å². The van der Waals surface area contributed by atoms with Crippen LogP contribution >= 0.6 is 7.72 Å². The molecule has 0 heterocycles. The number of rotatable bonds is 6. The molecule has 3 nitrogen and oxygen atoms in total. The first kappa shape index (κ1) is 15.3. The van der Waals surface area contributed by atoms with Gasteiger partial charge in [-0.1, -0.05) is 36.8 Å². The Bertz CT molecular complexity index is 413. The predicted octanol–water partition coefficient (Wildman–Crippen LogP) is 3.44. The van der Waals surface area contributed by atoms with Gasteiger partial charge in [-0.25, -0.2) is 9.05 Å². The number of carbonyl (C=O) groups is 1. The van der Waals surface area contributed by atoms with E-state index < -0.39 is 7.72 Å². The van der Waals surface area contributed by atoms with Gasteiger partial charge in [0.15, 0.2) is 11.9 Å². The van der Waals surface area contributed by atoms with E-state index in [0.29, 0.717) is 6.16 Å². The molecule has 0 spiro atoms. The lowest BCUT2D eigenvalue weighted by Gasteiger charge is -2.18. The van der Waals surface area contributed by atoms with Crippen molar-refractivity contribution in [3.63, 3.8) is 0 Å². The lowest BCUT2D eigenvalue weighted by Crippen LogP contribution is -2.17. The van der Waals surface area contributed by atoms with Crippen LogP contribution in [0.3, 0.4) is 0 Å². The Morgan fingerprint density at radius 1 is 1.33 bits per heavy atom. The van der Waals surface area contributed by atoms with Crippen LogP contribution in [-0.2, 0) is 13.8 Å². The molecule has 0 bridgehead atoms. The summed E-state index contributed by atoms with van der Waals surface area (Å²) in [5.74, 6) is 0.0506. The molecule has 0 fully saturated rings. The van der Waals surface area contributed by atoms with Crippen molar-refractivity contribution < 1.29 is 13.8 Å². The zero-order valence-electron chi connectivity index (χ0n) is 11.8. The van der Waals surface area contributed by atoms with E-state index in [1.807, 2.05) is 38.7 Å². The summed E-state index contributed by atoms with van der Waals surface area (Å²) in [4.78, 5) is 12.3. The topological polar surface area (TPSA) is 35.5 Å². The summed E-state index contributed by atoms with van der Waals surface area (Å²) in [5, 5.41) is 0. The number of benzene rings is 1. The maximum absolute atomic E-state index is 12.3. The minimum atomic E-state index is -2.02. The van der Waals surface area contributed by atoms with Crippen molar-refractivity contribution in [2.75, 3.05) is 27.0 Å². The highest BCUT2D eigenvalue weighted by molar-refractivity contribution is 7.66. The van der Waals surface area contributed by atoms with Crippen LogP contribution in [0.4, 0.5) is 0 Å². The fourth-order valence-corrected chi connectivity index (χ4v) is 3.00. The average Bonchev–Trinajstić information content (AvgIpc) is 2.37. The molecule has 100 valence electrons. The van der Waals surface area contributed by atoms with Crippen molar-refractivity contribution in [3.8, 4) is 0 Å².